The Bertz CT molecular complexity index is 2680. The lowest BCUT2D eigenvalue weighted by Gasteiger charge is -2.36. The lowest BCUT2D eigenvalue weighted by molar-refractivity contribution is -0.134. The van der Waals surface area contributed by atoms with Crippen molar-refractivity contribution in [3.05, 3.63) is 95.0 Å². The van der Waals surface area contributed by atoms with Gasteiger partial charge in [0.1, 0.15) is 34.4 Å². The van der Waals surface area contributed by atoms with E-state index in [4.69, 9.17) is 15.2 Å². The number of piperidine rings is 2. The van der Waals surface area contributed by atoms with Gasteiger partial charge in [-0.2, -0.15) is 0 Å². The van der Waals surface area contributed by atoms with Crippen LogP contribution < -0.4 is 26.6 Å². The van der Waals surface area contributed by atoms with E-state index in [0.29, 0.717) is 67.0 Å². The van der Waals surface area contributed by atoms with E-state index >= 15 is 4.39 Å². The zero-order valence-corrected chi connectivity index (χ0v) is 38.7. The van der Waals surface area contributed by atoms with Crippen LogP contribution in [0.4, 0.5) is 21.7 Å². The fourth-order valence-electron chi connectivity index (χ4n) is 10.2. The molecule has 2 saturated heterocycles. The third-order valence-electron chi connectivity index (χ3n) is 13.9. The molecule has 3 atom stereocenters. The molecule has 1 aliphatic carbocycles. The average molecular weight is 913 g/mol. The zero-order chi connectivity index (χ0) is 46.8. The average Bonchev–Trinajstić information content (AvgIpc) is 3.95. The minimum absolute atomic E-state index is 0.0179. The Kier molecular flexibility index (Phi) is 13.3. The Hall–Kier alpha value is -6.42. The molecule has 3 fully saturated rings. The van der Waals surface area contributed by atoms with Crippen molar-refractivity contribution in [3.8, 4) is 11.3 Å². The van der Waals surface area contributed by atoms with Gasteiger partial charge in [0.25, 0.3) is 0 Å². The molecule has 4 aliphatic rings. The van der Waals surface area contributed by atoms with Crippen molar-refractivity contribution >= 4 is 52.5 Å². The van der Waals surface area contributed by atoms with Gasteiger partial charge in [-0.25, -0.2) is 14.4 Å². The fourth-order valence-corrected chi connectivity index (χ4v) is 10.2. The van der Waals surface area contributed by atoms with Gasteiger partial charge in [-0.15, -0.1) is 0 Å². The van der Waals surface area contributed by atoms with Crippen LogP contribution in [0.1, 0.15) is 125 Å². The van der Waals surface area contributed by atoms with Crippen LogP contribution in [-0.4, -0.2) is 86.8 Å². The third kappa shape index (κ3) is 10.4. The predicted octanol–water partition coefficient (Wildman–Crippen LogP) is 7.27. The van der Waals surface area contributed by atoms with Crippen LogP contribution >= 0.6 is 0 Å². The molecule has 67 heavy (non-hydrogen) atoms. The van der Waals surface area contributed by atoms with E-state index in [1.54, 1.807) is 12.1 Å². The SMILES string of the molecule is CC(C)(C)c1cc(NC(=O)Cc2ccc(-c3nc4n5c(cnc(N)c35)/C=C/CCN(CC3CCN(c5ccc(C6CCC(=O)NC6=O)cc5F)CC3)CCC(=O)N[C@@H]3CCC[C@@H]4C3)cc2)no1. The number of hydrogen-bond acceptors (Lipinski definition) is 11. The van der Waals surface area contributed by atoms with Crippen molar-refractivity contribution in [3.63, 3.8) is 0 Å². The maximum absolute atomic E-state index is 15.5. The summed E-state index contributed by atoms with van der Waals surface area (Å²) < 4.78 is 23.1. The van der Waals surface area contributed by atoms with Gasteiger partial charge in [0.15, 0.2) is 5.82 Å². The van der Waals surface area contributed by atoms with E-state index in [-0.39, 0.29) is 59.7 Å². The summed E-state index contributed by atoms with van der Waals surface area (Å²) in [5.41, 5.74) is 11.6. The summed E-state index contributed by atoms with van der Waals surface area (Å²) in [4.78, 5) is 65.1. The second kappa shape index (κ2) is 19.4. The number of nitrogen functional groups attached to an aromatic ring is 1. The number of imidazole rings is 1. The number of nitrogens with zero attached hydrogens (tertiary/aromatic N) is 6. The molecule has 2 aromatic carbocycles. The number of halogens is 1. The summed E-state index contributed by atoms with van der Waals surface area (Å²) in [5, 5.41) is 12.6. The van der Waals surface area contributed by atoms with Gasteiger partial charge in [-0.05, 0) is 80.2 Å². The second-order valence-electron chi connectivity index (χ2n) is 19.8. The highest BCUT2D eigenvalue weighted by atomic mass is 19.1. The van der Waals surface area contributed by atoms with Crippen molar-refractivity contribution in [2.75, 3.05) is 48.7 Å². The molecule has 1 saturated carbocycles. The molecule has 9 rings (SSSR count). The standard InChI is InChI=1S/C51H61FN10O5/c1-51(2,3)41-28-42(59-67-41)56-45(65)25-31-10-12-33(13-11-31)46-47-48(53)54-29-37-9-4-5-21-60(22-20-44(64)55-36-8-6-7-35(26-36)49(58-46)62(37)47)30-32-18-23-61(24-19-32)40-16-14-34(27-39(40)52)38-15-17-43(63)57-50(38)66/h4,9-14,16,27-29,32,35-36,38H,5-8,15,17-26,30H2,1-3H3,(H2,53,54)(H,55,64)(H,56,59,65)(H,57,63,66)/b9-4+/t35-,36-,38?/m1/s1. The molecule has 5 N–H and O–H groups in total. The van der Waals surface area contributed by atoms with Crippen molar-refractivity contribution in [1.82, 2.24) is 35.1 Å². The molecule has 352 valence electrons. The van der Waals surface area contributed by atoms with E-state index in [2.05, 4.69) is 52.4 Å². The Morgan fingerprint density at radius 3 is 2.51 bits per heavy atom. The highest BCUT2D eigenvalue weighted by molar-refractivity contribution is 6.01. The summed E-state index contributed by atoms with van der Waals surface area (Å²) in [6.07, 6.45) is 13.3. The smallest absolute Gasteiger partial charge is 0.234 e. The van der Waals surface area contributed by atoms with E-state index in [1.807, 2.05) is 57.3 Å². The maximum atomic E-state index is 15.5. The molecule has 16 heteroatoms. The number of hydrogen-bond donors (Lipinski definition) is 4. The molecule has 5 aromatic rings. The molecule has 0 radical (unpaired) electrons. The summed E-state index contributed by atoms with van der Waals surface area (Å²) in [5.74, 6) is 1.14. The van der Waals surface area contributed by atoms with Crippen LogP contribution in [0.5, 0.6) is 0 Å². The number of rotatable bonds is 8. The van der Waals surface area contributed by atoms with Gasteiger partial charge in [0.05, 0.1) is 29.9 Å². The molecule has 3 aliphatic heterocycles. The van der Waals surface area contributed by atoms with Crippen molar-refractivity contribution in [1.29, 1.82) is 0 Å². The normalized spacial score (nSPS) is 21.9. The molecule has 15 nitrogen and oxygen atoms in total. The van der Waals surface area contributed by atoms with Crippen molar-refractivity contribution in [2.24, 2.45) is 5.92 Å². The molecular formula is C51H61FN10O5. The number of nitrogens with two attached hydrogens (primary N) is 1. The number of nitrogens with one attached hydrogen (secondary N) is 3. The van der Waals surface area contributed by atoms with Gasteiger partial charge >= 0.3 is 0 Å². The van der Waals surface area contributed by atoms with E-state index < -0.39 is 5.92 Å². The number of aromatic nitrogens is 4. The van der Waals surface area contributed by atoms with Gasteiger partial charge in [0.2, 0.25) is 23.6 Å². The Labute approximate surface area is 390 Å². The number of benzene rings is 2. The number of amides is 4. The molecular weight excluding hydrogens is 852 g/mol. The van der Waals surface area contributed by atoms with Crippen LogP contribution in [0.25, 0.3) is 22.9 Å². The van der Waals surface area contributed by atoms with Crippen LogP contribution in [-0.2, 0) is 31.0 Å². The molecule has 2 bridgehead atoms. The van der Waals surface area contributed by atoms with Crippen LogP contribution in [0.15, 0.2) is 65.3 Å². The Morgan fingerprint density at radius 2 is 1.76 bits per heavy atom. The largest absolute Gasteiger partial charge is 0.382 e. The molecule has 1 unspecified atom stereocenters. The summed E-state index contributed by atoms with van der Waals surface area (Å²) in [6, 6.07) is 14.6. The summed E-state index contributed by atoms with van der Waals surface area (Å²) >= 11 is 0. The van der Waals surface area contributed by atoms with Gasteiger partial charge in [0, 0.05) is 74.6 Å². The van der Waals surface area contributed by atoms with E-state index in [0.717, 1.165) is 91.9 Å². The lowest BCUT2D eigenvalue weighted by Crippen LogP contribution is -2.42. The Balaban J connectivity index is 0.891. The first-order chi connectivity index (χ1) is 32.2. The number of imide groups is 1. The monoisotopic (exact) mass is 912 g/mol. The first-order valence-electron chi connectivity index (χ1n) is 23.8. The van der Waals surface area contributed by atoms with Crippen LogP contribution in [0.2, 0.25) is 0 Å². The van der Waals surface area contributed by atoms with E-state index in [9.17, 15) is 19.2 Å². The Morgan fingerprint density at radius 1 is 0.955 bits per heavy atom. The first-order valence-corrected chi connectivity index (χ1v) is 23.8. The molecule has 3 aromatic heterocycles. The first kappa shape index (κ1) is 45.7. The molecule has 0 spiro atoms. The quantitative estimate of drug-likeness (QED) is 0.114. The lowest BCUT2D eigenvalue weighted by atomic mass is 9.85. The van der Waals surface area contributed by atoms with Crippen molar-refractivity contribution < 1.29 is 28.1 Å². The summed E-state index contributed by atoms with van der Waals surface area (Å²) in [6.45, 7) is 9.72. The number of carbonyl (C=O) groups is 4. The van der Waals surface area contributed by atoms with Crippen LogP contribution in [0, 0.1) is 11.7 Å². The fraction of sp³-hybridized carbons (Fsp3) is 0.471. The zero-order valence-electron chi connectivity index (χ0n) is 38.7. The number of anilines is 3. The number of fused-ring (bicyclic) bond motifs is 3. The van der Waals surface area contributed by atoms with Gasteiger partial charge in [-0.3, -0.25) is 28.9 Å². The maximum Gasteiger partial charge on any atom is 0.234 e. The van der Waals surface area contributed by atoms with E-state index in [1.165, 1.54) is 6.07 Å². The highest BCUT2D eigenvalue weighted by Crippen LogP contribution is 2.39. The minimum atomic E-state index is -0.526. The summed E-state index contributed by atoms with van der Waals surface area (Å²) in [7, 11) is 0. The number of carbonyl (C=O) groups excluding carboxylic acids is 4. The van der Waals surface area contributed by atoms with Gasteiger partial charge < -0.3 is 30.7 Å². The van der Waals surface area contributed by atoms with Crippen molar-refractivity contribution in [2.45, 2.75) is 115 Å². The predicted molar refractivity (Wildman–Crippen MR) is 255 cm³/mol. The highest BCUT2D eigenvalue weighted by Gasteiger charge is 2.32. The minimum Gasteiger partial charge on any atom is -0.382 e. The molecule has 6 heterocycles. The van der Waals surface area contributed by atoms with Crippen LogP contribution in [0.3, 0.4) is 0 Å². The van der Waals surface area contributed by atoms with Gasteiger partial charge in [-0.1, -0.05) is 68.8 Å². The second-order valence-corrected chi connectivity index (χ2v) is 19.8. The topological polar surface area (TPSA) is 193 Å². The third-order valence-corrected chi connectivity index (χ3v) is 13.9. The molecule has 4 amide bonds.